The number of carbonyl (C=O) groups is 2. The summed E-state index contributed by atoms with van der Waals surface area (Å²) in [5, 5.41) is 3.09. The molecule has 5 heteroatoms. The molecular weight excluding hydrogens is 254 g/mol. The Balaban J connectivity index is 2.58. The fourth-order valence-corrected chi connectivity index (χ4v) is 1.85. The number of nitrogens with zero attached hydrogens (tertiary/aromatic N) is 2. The van der Waals surface area contributed by atoms with Gasteiger partial charge in [0.25, 0.3) is 0 Å². The van der Waals surface area contributed by atoms with Crippen LogP contribution < -0.4 is 10.2 Å². The number of rotatable bonds is 6. The molecular formula is C15H23N3O2. The summed E-state index contributed by atoms with van der Waals surface area (Å²) in [5.41, 5.74) is 1.70. The van der Waals surface area contributed by atoms with E-state index in [1.807, 2.05) is 38.1 Å². The number of hydrogen-bond donors (Lipinski definition) is 1. The number of amides is 2. The molecule has 0 spiro atoms. The average Bonchev–Trinajstić information content (AvgIpc) is 2.46. The van der Waals surface area contributed by atoms with Crippen molar-refractivity contribution in [3.8, 4) is 0 Å². The van der Waals surface area contributed by atoms with Gasteiger partial charge in [0.1, 0.15) is 0 Å². The van der Waals surface area contributed by atoms with Gasteiger partial charge in [-0.15, -0.1) is 0 Å². The van der Waals surface area contributed by atoms with Gasteiger partial charge in [0, 0.05) is 38.4 Å². The molecule has 0 saturated heterocycles. The average molecular weight is 277 g/mol. The van der Waals surface area contributed by atoms with Crippen molar-refractivity contribution in [3.05, 3.63) is 24.3 Å². The van der Waals surface area contributed by atoms with Crippen LogP contribution in [0.4, 0.5) is 11.4 Å². The summed E-state index contributed by atoms with van der Waals surface area (Å²) in [6.45, 7) is 7.18. The Morgan fingerprint density at radius 3 is 2.10 bits per heavy atom. The first-order valence-corrected chi connectivity index (χ1v) is 6.85. The second kappa shape index (κ2) is 7.53. The van der Waals surface area contributed by atoms with Crippen LogP contribution in [-0.4, -0.2) is 43.4 Å². The summed E-state index contributed by atoms with van der Waals surface area (Å²) in [4.78, 5) is 26.5. The molecule has 0 saturated carbocycles. The van der Waals surface area contributed by atoms with Crippen LogP contribution in [0, 0.1) is 0 Å². The highest BCUT2D eigenvalue weighted by Crippen LogP contribution is 2.16. The van der Waals surface area contributed by atoms with E-state index in [0.29, 0.717) is 0 Å². The highest BCUT2D eigenvalue weighted by atomic mass is 16.2. The van der Waals surface area contributed by atoms with E-state index < -0.39 is 0 Å². The largest absolute Gasteiger partial charge is 0.376 e. The standard InChI is InChI=1S/C15H23N3O2/c1-5-18(6-2)15(20)11-16-13-7-9-14(10-8-13)17(4)12(3)19/h7-10,16H,5-6,11H2,1-4H3. The Morgan fingerprint density at radius 1 is 1.10 bits per heavy atom. The van der Waals surface area contributed by atoms with E-state index in [-0.39, 0.29) is 18.4 Å². The van der Waals surface area contributed by atoms with E-state index in [1.54, 1.807) is 16.8 Å². The molecule has 0 aliphatic rings. The van der Waals surface area contributed by atoms with Crippen LogP contribution in [0.5, 0.6) is 0 Å². The van der Waals surface area contributed by atoms with Gasteiger partial charge in [-0.1, -0.05) is 0 Å². The van der Waals surface area contributed by atoms with Crippen molar-refractivity contribution < 1.29 is 9.59 Å². The lowest BCUT2D eigenvalue weighted by Crippen LogP contribution is -2.35. The monoisotopic (exact) mass is 277 g/mol. The molecule has 110 valence electrons. The van der Waals surface area contributed by atoms with E-state index in [9.17, 15) is 9.59 Å². The van der Waals surface area contributed by atoms with Crippen molar-refractivity contribution in [2.45, 2.75) is 20.8 Å². The van der Waals surface area contributed by atoms with Crippen molar-refractivity contribution in [2.24, 2.45) is 0 Å². The summed E-state index contributed by atoms with van der Waals surface area (Å²) >= 11 is 0. The lowest BCUT2D eigenvalue weighted by Gasteiger charge is -2.19. The lowest BCUT2D eigenvalue weighted by atomic mass is 10.2. The van der Waals surface area contributed by atoms with Crippen LogP contribution in [0.2, 0.25) is 0 Å². The van der Waals surface area contributed by atoms with Crippen molar-refractivity contribution in [2.75, 3.05) is 36.9 Å². The van der Waals surface area contributed by atoms with Crippen molar-refractivity contribution in [1.82, 2.24) is 4.90 Å². The molecule has 0 aliphatic carbocycles. The zero-order valence-electron chi connectivity index (χ0n) is 12.6. The molecule has 1 aromatic rings. The van der Waals surface area contributed by atoms with Crippen LogP contribution >= 0.6 is 0 Å². The van der Waals surface area contributed by atoms with Gasteiger partial charge < -0.3 is 15.1 Å². The molecule has 20 heavy (non-hydrogen) atoms. The normalized spacial score (nSPS) is 10.0. The highest BCUT2D eigenvalue weighted by Gasteiger charge is 2.09. The summed E-state index contributed by atoms with van der Waals surface area (Å²) in [6, 6.07) is 7.44. The van der Waals surface area contributed by atoms with Crippen LogP contribution in [-0.2, 0) is 9.59 Å². The van der Waals surface area contributed by atoms with Gasteiger partial charge in [0.05, 0.1) is 6.54 Å². The molecule has 0 radical (unpaired) electrons. The molecule has 0 bridgehead atoms. The van der Waals surface area contributed by atoms with Gasteiger partial charge in [-0.2, -0.15) is 0 Å². The van der Waals surface area contributed by atoms with Crippen LogP contribution in [0.1, 0.15) is 20.8 Å². The molecule has 1 aromatic carbocycles. The fraction of sp³-hybridized carbons (Fsp3) is 0.467. The van der Waals surface area contributed by atoms with Gasteiger partial charge in [-0.3, -0.25) is 9.59 Å². The number of anilines is 2. The van der Waals surface area contributed by atoms with E-state index >= 15 is 0 Å². The third kappa shape index (κ3) is 4.26. The topological polar surface area (TPSA) is 52.7 Å². The molecule has 5 nitrogen and oxygen atoms in total. The predicted molar refractivity (Wildman–Crippen MR) is 81.9 cm³/mol. The summed E-state index contributed by atoms with van der Waals surface area (Å²) in [7, 11) is 1.73. The SMILES string of the molecule is CCN(CC)C(=O)CNc1ccc(N(C)C(C)=O)cc1. The lowest BCUT2D eigenvalue weighted by molar-refractivity contribution is -0.128. The second-order valence-electron chi connectivity index (χ2n) is 4.54. The molecule has 0 atom stereocenters. The Labute approximate surface area is 120 Å². The zero-order valence-corrected chi connectivity index (χ0v) is 12.6. The Hall–Kier alpha value is -2.04. The Bertz CT molecular complexity index is 453. The first-order chi connectivity index (χ1) is 9.49. The first-order valence-electron chi connectivity index (χ1n) is 6.85. The number of carbonyl (C=O) groups excluding carboxylic acids is 2. The maximum Gasteiger partial charge on any atom is 0.241 e. The minimum Gasteiger partial charge on any atom is -0.376 e. The van der Waals surface area contributed by atoms with Crippen LogP contribution in [0.25, 0.3) is 0 Å². The van der Waals surface area contributed by atoms with E-state index in [1.165, 1.54) is 6.92 Å². The van der Waals surface area contributed by atoms with Gasteiger partial charge in [-0.05, 0) is 38.1 Å². The van der Waals surface area contributed by atoms with Crippen molar-refractivity contribution in [3.63, 3.8) is 0 Å². The number of benzene rings is 1. The summed E-state index contributed by atoms with van der Waals surface area (Å²) in [5.74, 6) is 0.0716. The predicted octanol–water partition coefficient (Wildman–Crippen LogP) is 1.95. The highest BCUT2D eigenvalue weighted by molar-refractivity contribution is 5.91. The molecule has 2 amide bonds. The van der Waals surface area contributed by atoms with Gasteiger partial charge in [-0.25, -0.2) is 0 Å². The minimum atomic E-state index is -0.0116. The zero-order chi connectivity index (χ0) is 15.1. The number of hydrogen-bond acceptors (Lipinski definition) is 3. The van der Waals surface area contributed by atoms with Gasteiger partial charge >= 0.3 is 0 Å². The molecule has 0 aromatic heterocycles. The minimum absolute atomic E-state index is 0.0116. The van der Waals surface area contributed by atoms with Crippen LogP contribution in [0.3, 0.4) is 0 Å². The number of likely N-dealkylation sites (N-methyl/N-ethyl adjacent to an activating group) is 1. The van der Waals surface area contributed by atoms with Crippen LogP contribution in [0.15, 0.2) is 24.3 Å². The molecule has 1 rings (SSSR count). The fourth-order valence-electron chi connectivity index (χ4n) is 1.85. The maximum absolute atomic E-state index is 11.9. The van der Waals surface area contributed by atoms with Crippen molar-refractivity contribution >= 4 is 23.2 Å². The second-order valence-corrected chi connectivity index (χ2v) is 4.54. The smallest absolute Gasteiger partial charge is 0.241 e. The Kier molecular flexibility index (Phi) is 6.03. The molecule has 0 fully saturated rings. The molecule has 0 unspecified atom stereocenters. The molecule has 0 aliphatic heterocycles. The maximum atomic E-state index is 11.9. The van der Waals surface area contributed by atoms with E-state index in [0.717, 1.165) is 24.5 Å². The number of nitrogens with one attached hydrogen (secondary N) is 1. The summed E-state index contributed by atoms with van der Waals surface area (Å²) in [6.07, 6.45) is 0. The van der Waals surface area contributed by atoms with Crippen molar-refractivity contribution in [1.29, 1.82) is 0 Å². The first kappa shape index (κ1) is 16.0. The quantitative estimate of drug-likeness (QED) is 0.864. The van der Waals surface area contributed by atoms with E-state index in [4.69, 9.17) is 0 Å². The molecule has 0 heterocycles. The van der Waals surface area contributed by atoms with E-state index in [2.05, 4.69) is 5.32 Å². The van der Waals surface area contributed by atoms with Gasteiger partial charge in [0.15, 0.2) is 0 Å². The molecule has 1 N–H and O–H groups in total. The Morgan fingerprint density at radius 2 is 1.65 bits per heavy atom. The summed E-state index contributed by atoms with van der Waals surface area (Å²) < 4.78 is 0. The third-order valence-electron chi connectivity index (χ3n) is 3.29. The van der Waals surface area contributed by atoms with Gasteiger partial charge in [0.2, 0.25) is 11.8 Å². The third-order valence-corrected chi connectivity index (χ3v) is 3.29.